The first-order valence-corrected chi connectivity index (χ1v) is 11.8. The second-order valence-corrected chi connectivity index (χ2v) is 12.9. The van der Waals surface area contributed by atoms with Crippen LogP contribution in [0.25, 0.3) is 0 Å². The summed E-state index contributed by atoms with van der Waals surface area (Å²) in [5.41, 5.74) is 0.500. The topological polar surface area (TPSA) is 54.0 Å². The van der Waals surface area contributed by atoms with Gasteiger partial charge in [-0.1, -0.05) is 39.0 Å². The van der Waals surface area contributed by atoms with E-state index >= 15 is 0 Å². The minimum Gasteiger partial charge on any atom is -0.459 e. The first-order valence-electron chi connectivity index (χ1n) is 8.90. The van der Waals surface area contributed by atoms with Crippen LogP contribution >= 0.6 is 0 Å². The van der Waals surface area contributed by atoms with Gasteiger partial charge in [-0.25, -0.2) is 4.79 Å². The highest BCUT2D eigenvalue weighted by Gasteiger charge is 2.49. The van der Waals surface area contributed by atoms with Crippen LogP contribution in [-0.4, -0.2) is 60.2 Å². The maximum Gasteiger partial charge on any atom is 0.338 e. The maximum atomic E-state index is 12.2. The van der Waals surface area contributed by atoms with E-state index in [2.05, 4.69) is 33.9 Å². The lowest BCUT2D eigenvalue weighted by molar-refractivity contribution is -0.0212. The van der Waals surface area contributed by atoms with Gasteiger partial charge in [0.15, 0.2) is 8.32 Å². The monoisotopic (exact) mass is 376 g/mol. The predicted molar refractivity (Wildman–Crippen MR) is 104 cm³/mol. The fraction of sp³-hybridized carbons (Fsp3) is 0.632. The van der Waals surface area contributed by atoms with Gasteiger partial charge in [-0.05, 0) is 30.3 Å². The molecule has 142 valence electrons. The van der Waals surface area contributed by atoms with Crippen LogP contribution in [0.3, 0.4) is 0 Å². The zero-order valence-corrected chi connectivity index (χ0v) is 17.5. The number of hydrogen-bond acceptors (Lipinski definition) is 5. The molecule has 0 spiro atoms. The summed E-state index contributed by atoms with van der Waals surface area (Å²) >= 11 is 0. The normalized spacial score (nSPS) is 26.7. The highest BCUT2D eigenvalue weighted by molar-refractivity contribution is 6.74. The van der Waals surface area contributed by atoms with E-state index < -0.39 is 32.5 Å². The van der Waals surface area contributed by atoms with Crippen molar-refractivity contribution in [1.82, 2.24) is 0 Å². The van der Waals surface area contributed by atoms with E-state index in [0.29, 0.717) is 5.56 Å². The van der Waals surface area contributed by atoms with E-state index in [9.17, 15) is 4.79 Å². The Bertz CT molecular complexity index is 602. The molecule has 2 rings (SSSR count). The zero-order chi connectivity index (χ0) is 19.5. The molecule has 2 radical (unpaired) electrons. The minimum absolute atomic E-state index is 0.0310. The molecule has 0 aromatic heterocycles. The van der Waals surface area contributed by atoms with Gasteiger partial charge in [0, 0.05) is 13.1 Å². The van der Waals surface area contributed by atoms with Crippen LogP contribution < -0.4 is 0 Å². The lowest BCUT2D eigenvalue weighted by Gasteiger charge is -2.40. The SMILES string of the molecule is [B][C@@H]1O[C@H](COC(=O)c2ccccc2)[C@H](O[Si](C)(C)C(C)(C)C)C1OC. The number of esters is 1. The number of ether oxygens (including phenoxy) is 3. The average molecular weight is 376 g/mol. The van der Waals surface area contributed by atoms with Crippen LogP contribution in [-0.2, 0) is 18.6 Å². The third-order valence-electron chi connectivity index (χ3n) is 5.24. The van der Waals surface area contributed by atoms with Gasteiger partial charge in [-0.15, -0.1) is 0 Å². The van der Waals surface area contributed by atoms with Crippen LogP contribution in [0.2, 0.25) is 18.1 Å². The molecule has 1 aliphatic rings. The molecule has 5 nitrogen and oxygen atoms in total. The van der Waals surface area contributed by atoms with Crippen molar-refractivity contribution in [3.05, 3.63) is 35.9 Å². The molecule has 0 aliphatic carbocycles. The molecule has 0 bridgehead atoms. The molecule has 1 aliphatic heterocycles. The van der Waals surface area contributed by atoms with Gasteiger partial charge < -0.3 is 18.6 Å². The van der Waals surface area contributed by atoms with Crippen molar-refractivity contribution in [1.29, 1.82) is 0 Å². The molecule has 26 heavy (non-hydrogen) atoms. The number of methoxy groups -OCH3 is 1. The smallest absolute Gasteiger partial charge is 0.338 e. The van der Waals surface area contributed by atoms with E-state index in [-0.39, 0.29) is 17.7 Å². The maximum absolute atomic E-state index is 12.2. The van der Waals surface area contributed by atoms with Crippen LogP contribution in [0.15, 0.2) is 30.3 Å². The van der Waals surface area contributed by atoms with Crippen molar-refractivity contribution in [2.75, 3.05) is 13.7 Å². The van der Waals surface area contributed by atoms with Gasteiger partial charge in [0.2, 0.25) is 0 Å². The molecule has 1 unspecified atom stereocenters. The molecule has 0 saturated carbocycles. The lowest BCUT2D eigenvalue weighted by Crippen LogP contribution is -2.50. The fourth-order valence-electron chi connectivity index (χ4n) is 2.63. The standard InChI is InChI=1S/C19H29BO5Si/c1-19(2,3)26(5,6)25-15-14(24-17(20)16(15)22-4)12-23-18(21)13-10-8-7-9-11-13/h7-11,14-17H,12H2,1-6H3/t14-,15+,16?,17-/m1/s1. The molecule has 1 aromatic rings. The Morgan fingerprint density at radius 2 is 1.81 bits per heavy atom. The molecule has 0 amide bonds. The van der Waals surface area contributed by atoms with E-state index in [1.807, 2.05) is 6.07 Å². The molecule has 7 heteroatoms. The van der Waals surface area contributed by atoms with Crippen molar-refractivity contribution in [2.45, 2.75) is 63.2 Å². The number of rotatable bonds is 6. The highest BCUT2D eigenvalue weighted by atomic mass is 28.4. The Morgan fingerprint density at radius 1 is 1.19 bits per heavy atom. The largest absolute Gasteiger partial charge is 0.459 e. The summed E-state index contributed by atoms with van der Waals surface area (Å²) in [7, 11) is 5.58. The van der Waals surface area contributed by atoms with Crippen LogP contribution in [0.1, 0.15) is 31.1 Å². The second kappa shape index (κ2) is 8.25. The van der Waals surface area contributed by atoms with Crippen molar-refractivity contribution >= 4 is 22.1 Å². The summed E-state index contributed by atoms with van der Waals surface area (Å²) in [4.78, 5) is 12.2. The van der Waals surface area contributed by atoms with Gasteiger partial charge in [-0.3, -0.25) is 0 Å². The Kier molecular flexibility index (Phi) is 6.71. The van der Waals surface area contributed by atoms with Crippen LogP contribution in [0, 0.1) is 0 Å². The Balaban J connectivity index is 2.09. The molecule has 1 heterocycles. The summed E-state index contributed by atoms with van der Waals surface area (Å²) in [5, 5.41) is 0.0310. The predicted octanol–water partition coefficient (Wildman–Crippen LogP) is 3.14. The number of carbonyl (C=O) groups is 1. The molecule has 1 saturated heterocycles. The Hall–Kier alpha value is -1.15. The van der Waals surface area contributed by atoms with Gasteiger partial charge in [-0.2, -0.15) is 0 Å². The zero-order valence-electron chi connectivity index (χ0n) is 16.5. The second-order valence-electron chi connectivity index (χ2n) is 8.15. The van der Waals surface area contributed by atoms with Crippen LogP contribution in [0.5, 0.6) is 0 Å². The summed E-state index contributed by atoms with van der Waals surface area (Å²) in [5.74, 6) is -0.394. The van der Waals surface area contributed by atoms with Gasteiger partial charge in [0.25, 0.3) is 0 Å². The highest BCUT2D eigenvalue weighted by Crippen LogP contribution is 2.40. The summed E-state index contributed by atoms with van der Waals surface area (Å²) in [6.07, 6.45) is -1.24. The minimum atomic E-state index is -2.08. The Morgan fingerprint density at radius 3 is 2.35 bits per heavy atom. The summed E-state index contributed by atoms with van der Waals surface area (Å²) in [6, 6.07) is 8.25. The molecular weight excluding hydrogens is 347 g/mol. The quantitative estimate of drug-likeness (QED) is 0.564. The number of carbonyl (C=O) groups excluding carboxylic acids is 1. The molecule has 0 N–H and O–H groups in total. The average Bonchev–Trinajstić information content (AvgIpc) is 2.86. The first-order chi connectivity index (χ1) is 12.1. The van der Waals surface area contributed by atoms with Gasteiger partial charge in [0.05, 0.1) is 5.56 Å². The fourth-order valence-corrected chi connectivity index (χ4v) is 3.95. The molecule has 1 fully saturated rings. The van der Waals surface area contributed by atoms with E-state index in [1.54, 1.807) is 31.4 Å². The van der Waals surface area contributed by atoms with E-state index in [0.717, 1.165) is 0 Å². The van der Waals surface area contributed by atoms with Crippen molar-refractivity contribution in [3.63, 3.8) is 0 Å². The molecule has 4 atom stereocenters. The van der Waals surface area contributed by atoms with Crippen molar-refractivity contribution < 1.29 is 23.4 Å². The summed E-state index contributed by atoms with van der Waals surface area (Å²) < 4.78 is 23.3. The van der Waals surface area contributed by atoms with E-state index in [1.165, 1.54) is 0 Å². The van der Waals surface area contributed by atoms with Crippen LogP contribution in [0.4, 0.5) is 0 Å². The molecular formula is C19H29BO5Si. The lowest BCUT2D eigenvalue weighted by atomic mass is 9.93. The van der Waals surface area contributed by atoms with E-state index in [4.69, 9.17) is 26.5 Å². The van der Waals surface area contributed by atoms with Crippen molar-refractivity contribution in [3.8, 4) is 0 Å². The third kappa shape index (κ3) is 4.77. The molecule has 1 aromatic carbocycles. The Labute approximate surface area is 158 Å². The summed E-state index contributed by atoms with van der Waals surface area (Å²) in [6.45, 7) is 10.9. The first kappa shape index (κ1) is 21.2. The van der Waals surface area contributed by atoms with Crippen molar-refractivity contribution in [2.24, 2.45) is 0 Å². The number of hydrogen-bond donors (Lipinski definition) is 0. The third-order valence-corrected chi connectivity index (χ3v) is 9.72. The van der Waals surface area contributed by atoms with Gasteiger partial charge >= 0.3 is 5.97 Å². The van der Waals surface area contributed by atoms with Gasteiger partial charge in [0.1, 0.15) is 32.8 Å². The number of benzene rings is 1.